The highest BCUT2D eigenvalue weighted by Crippen LogP contribution is 2.34. The van der Waals surface area contributed by atoms with Gasteiger partial charge in [-0.25, -0.2) is 0 Å². The summed E-state index contributed by atoms with van der Waals surface area (Å²) < 4.78 is 0. The summed E-state index contributed by atoms with van der Waals surface area (Å²) in [6.45, 7) is 11.5. The predicted molar refractivity (Wildman–Crippen MR) is 93.0 cm³/mol. The number of nitrogens with zero attached hydrogens (tertiary/aromatic N) is 1. The summed E-state index contributed by atoms with van der Waals surface area (Å²) in [5, 5.41) is 3.74. The summed E-state index contributed by atoms with van der Waals surface area (Å²) in [7, 11) is 2.24. The van der Waals surface area contributed by atoms with E-state index in [1.165, 1.54) is 24.1 Å². The molecule has 1 aromatic rings. The van der Waals surface area contributed by atoms with Crippen LogP contribution in [0, 0.1) is 24.7 Å². The van der Waals surface area contributed by atoms with E-state index in [0.29, 0.717) is 6.04 Å². The van der Waals surface area contributed by atoms with Crippen molar-refractivity contribution in [3.05, 3.63) is 29.8 Å². The van der Waals surface area contributed by atoms with E-state index in [-0.39, 0.29) is 0 Å². The molecule has 0 aliphatic heterocycles. The van der Waals surface area contributed by atoms with E-state index >= 15 is 0 Å². The Hall–Kier alpha value is -1.02. The maximum atomic E-state index is 3.74. The zero-order valence-corrected chi connectivity index (χ0v) is 14.4. The number of hydrogen-bond acceptors (Lipinski definition) is 2. The smallest absolute Gasteiger partial charge is 0.0366 e. The first kappa shape index (κ1) is 16.4. The normalized spacial score (nSPS) is 29.4. The van der Waals surface area contributed by atoms with Crippen LogP contribution in [-0.4, -0.2) is 26.2 Å². The van der Waals surface area contributed by atoms with Gasteiger partial charge in [-0.05, 0) is 61.8 Å². The van der Waals surface area contributed by atoms with Crippen LogP contribution in [0.2, 0.25) is 0 Å². The third-order valence-electron chi connectivity index (χ3n) is 5.07. The van der Waals surface area contributed by atoms with Crippen molar-refractivity contribution in [1.29, 1.82) is 0 Å². The Bertz CT molecular complexity index is 443. The summed E-state index contributed by atoms with van der Waals surface area (Å²) in [4.78, 5) is 2.44. The molecule has 1 aliphatic carbocycles. The largest absolute Gasteiger partial charge is 0.374 e. The Labute approximate surface area is 130 Å². The van der Waals surface area contributed by atoms with Crippen LogP contribution >= 0.6 is 0 Å². The molecule has 1 N–H and O–H groups in total. The van der Waals surface area contributed by atoms with Crippen LogP contribution in [0.3, 0.4) is 0 Å². The molecule has 0 aromatic heterocycles. The average molecular weight is 288 g/mol. The first-order valence-corrected chi connectivity index (χ1v) is 8.52. The molecule has 0 amide bonds. The van der Waals surface area contributed by atoms with Crippen LogP contribution in [0.4, 0.5) is 5.69 Å². The molecule has 0 radical (unpaired) electrons. The zero-order valence-electron chi connectivity index (χ0n) is 14.4. The van der Waals surface area contributed by atoms with Crippen LogP contribution in [0.25, 0.3) is 0 Å². The molecule has 1 aromatic carbocycles. The van der Waals surface area contributed by atoms with Gasteiger partial charge in [0.25, 0.3) is 0 Å². The molecule has 1 saturated carbocycles. The van der Waals surface area contributed by atoms with Gasteiger partial charge in [0.1, 0.15) is 0 Å². The van der Waals surface area contributed by atoms with Gasteiger partial charge in [-0.15, -0.1) is 0 Å². The molecule has 4 atom stereocenters. The van der Waals surface area contributed by atoms with Crippen molar-refractivity contribution in [2.24, 2.45) is 17.8 Å². The molecular formula is C19H32N2. The molecule has 0 saturated heterocycles. The van der Waals surface area contributed by atoms with Crippen LogP contribution < -0.4 is 10.2 Å². The van der Waals surface area contributed by atoms with E-state index in [1.54, 1.807) is 0 Å². The summed E-state index contributed by atoms with van der Waals surface area (Å²) in [5.41, 5.74) is 2.68. The second-order valence-corrected chi connectivity index (χ2v) is 7.10. The van der Waals surface area contributed by atoms with Gasteiger partial charge >= 0.3 is 0 Å². The third-order valence-corrected chi connectivity index (χ3v) is 5.07. The van der Waals surface area contributed by atoms with Crippen LogP contribution in [0.1, 0.15) is 39.2 Å². The first-order chi connectivity index (χ1) is 10.0. The lowest BCUT2D eigenvalue weighted by Crippen LogP contribution is -2.48. The molecule has 4 unspecified atom stereocenters. The maximum Gasteiger partial charge on any atom is 0.0366 e. The lowest BCUT2D eigenvalue weighted by atomic mass is 9.72. The molecule has 21 heavy (non-hydrogen) atoms. The molecule has 118 valence electrons. The predicted octanol–water partition coefficient (Wildman–Crippen LogP) is 4.09. The number of anilines is 1. The van der Waals surface area contributed by atoms with Crippen molar-refractivity contribution >= 4 is 5.69 Å². The van der Waals surface area contributed by atoms with Gasteiger partial charge < -0.3 is 10.2 Å². The lowest BCUT2D eigenvalue weighted by molar-refractivity contribution is 0.154. The first-order valence-electron chi connectivity index (χ1n) is 8.52. The van der Waals surface area contributed by atoms with E-state index in [0.717, 1.165) is 30.8 Å². The molecule has 2 heteroatoms. The van der Waals surface area contributed by atoms with Crippen molar-refractivity contribution in [1.82, 2.24) is 5.32 Å². The fourth-order valence-electron chi connectivity index (χ4n) is 4.00. The minimum Gasteiger partial charge on any atom is -0.374 e. The number of benzene rings is 1. The molecule has 0 spiro atoms. The van der Waals surface area contributed by atoms with Crippen molar-refractivity contribution in [3.8, 4) is 0 Å². The lowest BCUT2D eigenvalue weighted by Gasteiger charge is -2.42. The van der Waals surface area contributed by atoms with E-state index in [1.807, 2.05) is 0 Å². The van der Waals surface area contributed by atoms with Crippen LogP contribution in [-0.2, 0) is 0 Å². The zero-order chi connectivity index (χ0) is 15.4. The van der Waals surface area contributed by atoms with Crippen LogP contribution in [0.15, 0.2) is 24.3 Å². The maximum absolute atomic E-state index is 3.74. The summed E-state index contributed by atoms with van der Waals surface area (Å²) in [6.07, 6.45) is 2.69. The number of hydrogen-bond donors (Lipinski definition) is 1. The highest BCUT2D eigenvalue weighted by atomic mass is 15.1. The Kier molecular flexibility index (Phi) is 5.69. The summed E-state index contributed by atoms with van der Waals surface area (Å²) in [5.74, 6) is 2.39. The minimum atomic E-state index is 0.668. The quantitative estimate of drug-likeness (QED) is 0.878. The Balaban J connectivity index is 2.07. The fourth-order valence-corrected chi connectivity index (χ4v) is 4.00. The Morgan fingerprint density at radius 3 is 2.67 bits per heavy atom. The fraction of sp³-hybridized carbons (Fsp3) is 0.684. The van der Waals surface area contributed by atoms with Gasteiger partial charge in [0.15, 0.2) is 0 Å². The van der Waals surface area contributed by atoms with E-state index in [2.05, 4.69) is 69.2 Å². The van der Waals surface area contributed by atoms with Crippen molar-refractivity contribution < 1.29 is 0 Å². The van der Waals surface area contributed by atoms with Gasteiger partial charge in [0, 0.05) is 25.3 Å². The second-order valence-electron chi connectivity index (χ2n) is 7.10. The molecule has 1 aliphatic rings. The van der Waals surface area contributed by atoms with Gasteiger partial charge in [-0.3, -0.25) is 0 Å². The van der Waals surface area contributed by atoms with Gasteiger partial charge in [-0.1, -0.05) is 32.9 Å². The molecular weight excluding hydrogens is 256 g/mol. The van der Waals surface area contributed by atoms with Crippen molar-refractivity contribution in [3.63, 3.8) is 0 Å². The number of rotatable bonds is 5. The molecule has 1 fully saturated rings. The molecule has 2 nitrogen and oxygen atoms in total. The van der Waals surface area contributed by atoms with Crippen molar-refractivity contribution in [2.45, 2.75) is 46.6 Å². The summed E-state index contributed by atoms with van der Waals surface area (Å²) in [6, 6.07) is 9.52. The third kappa shape index (κ3) is 4.23. The number of aryl methyl sites for hydroxylation is 1. The van der Waals surface area contributed by atoms with E-state index < -0.39 is 0 Å². The van der Waals surface area contributed by atoms with Gasteiger partial charge in [0.2, 0.25) is 0 Å². The molecule has 0 bridgehead atoms. The standard InChI is InChI=1S/C19H32N2/c1-6-20-19-12-15(3)10-16(4)18(19)13-21(5)17-9-7-8-14(2)11-17/h7-9,11,15-16,18-20H,6,10,12-13H2,1-5H3. The topological polar surface area (TPSA) is 15.3 Å². The molecule has 2 rings (SSSR count). The van der Waals surface area contributed by atoms with E-state index in [9.17, 15) is 0 Å². The van der Waals surface area contributed by atoms with E-state index in [4.69, 9.17) is 0 Å². The number of nitrogens with one attached hydrogen (secondary N) is 1. The monoisotopic (exact) mass is 288 g/mol. The Morgan fingerprint density at radius 2 is 2.00 bits per heavy atom. The summed E-state index contributed by atoms with van der Waals surface area (Å²) >= 11 is 0. The average Bonchev–Trinajstić information content (AvgIpc) is 2.42. The second kappa shape index (κ2) is 7.31. The SMILES string of the molecule is CCNC1CC(C)CC(C)C1CN(C)c1cccc(C)c1. The molecule has 0 heterocycles. The van der Waals surface area contributed by atoms with Crippen molar-refractivity contribution in [2.75, 3.05) is 25.0 Å². The highest BCUT2D eigenvalue weighted by Gasteiger charge is 2.34. The minimum absolute atomic E-state index is 0.668. The van der Waals surface area contributed by atoms with Gasteiger partial charge in [0.05, 0.1) is 0 Å². The Morgan fingerprint density at radius 1 is 1.24 bits per heavy atom. The van der Waals surface area contributed by atoms with Crippen LogP contribution in [0.5, 0.6) is 0 Å². The van der Waals surface area contributed by atoms with Gasteiger partial charge in [-0.2, -0.15) is 0 Å². The highest BCUT2D eigenvalue weighted by molar-refractivity contribution is 5.47.